The minimum Gasteiger partial charge on any atom is -0.352 e. The maximum absolute atomic E-state index is 13.0. The Bertz CT molecular complexity index is 977. The summed E-state index contributed by atoms with van der Waals surface area (Å²) in [4.78, 5) is 20.9. The van der Waals surface area contributed by atoms with Crippen molar-refractivity contribution in [2.24, 2.45) is 0 Å². The lowest BCUT2D eigenvalue weighted by atomic mass is 10.1. The van der Waals surface area contributed by atoms with Gasteiger partial charge in [0.15, 0.2) is 0 Å². The van der Waals surface area contributed by atoms with Gasteiger partial charge in [-0.2, -0.15) is 0 Å². The highest BCUT2D eigenvalue weighted by Gasteiger charge is 2.26. The largest absolute Gasteiger partial charge is 0.352 e. The van der Waals surface area contributed by atoms with Crippen LogP contribution in [0.2, 0.25) is 10.0 Å². The fourth-order valence-electron chi connectivity index (χ4n) is 2.93. The first kappa shape index (κ1) is 20.7. The molecule has 0 saturated carbocycles. The summed E-state index contributed by atoms with van der Waals surface area (Å²) in [6, 6.07) is 8.26. The molecule has 7 nitrogen and oxygen atoms in total. The van der Waals surface area contributed by atoms with Crippen molar-refractivity contribution >= 4 is 50.6 Å². The minimum absolute atomic E-state index is 0.0664. The molecule has 1 fully saturated rings. The van der Waals surface area contributed by atoms with E-state index in [9.17, 15) is 13.2 Å². The predicted octanol–water partition coefficient (Wildman–Crippen LogP) is 3.11. The minimum atomic E-state index is -3.48. The van der Waals surface area contributed by atoms with Crippen molar-refractivity contribution in [2.45, 2.75) is 6.92 Å². The van der Waals surface area contributed by atoms with E-state index in [0.29, 0.717) is 53.3 Å². The number of amides is 1. The van der Waals surface area contributed by atoms with Crippen molar-refractivity contribution in [1.82, 2.24) is 9.88 Å². The molecule has 0 spiro atoms. The Balaban J connectivity index is 1.72. The molecule has 1 aromatic heterocycles. The zero-order valence-electron chi connectivity index (χ0n) is 15.2. The van der Waals surface area contributed by atoms with Gasteiger partial charge in [-0.25, -0.2) is 13.4 Å². The molecule has 2 heterocycles. The van der Waals surface area contributed by atoms with E-state index >= 15 is 0 Å². The summed E-state index contributed by atoms with van der Waals surface area (Å²) in [5.74, 6) is 0.349. The molecule has 0 atom stereocenters. The number of piperazine rings is 1. The van der Waals surface area contributed by atoms with Gasteiger partial charge in [-0.05, 0) is 25.1 Å². The van der Waals surface area contributed by atoms with E-state index in [2.05, 4.69) is 9.71 Å². The number of nitrogens with zero attached hydrogens (tertiary/aromatic N) is 3. The Morgan fingerprint density at radius 1 is 1.18 bits per heavy atom. The third kappa shape index (κ3) is 4.68. The number of nitrogens with one attached hydrogen (secondary N) is 1. The Morgan fingerprint density at radius 3 is 2.50 bits per heavy atom. The lowest BCUT2D eigenvalue weighted by molar-refractivity contribution is 0.0747. The number of anilines is 2. The van der Waals surface area contributed by atoms with Crippen molar-refractivity contribution in [3.05, 3.63) is 52.1 Å². The zero-order chi connectivity index (χ0) is 20.3. The predicted molar refractivity (Wildman–Crippen MR) is 112 cm³/mol. The molecule has 2 aromatic rings. The third-order valence-corrected chi connectivity index (χ3v) is 6.23. The quantitative estimate of drug-likeness (QED) is 0.768. The molecule has 1 saturated heterocycles. The number of hydrogen-bond acceptors (Lipinski definition) is 5. The van der Waals surface area contributed by atoms with Crippen molar-refractivity contribution in [3.63, 3.8) is 0 Å². The molecule has 3 rings (SSSR count). The van der Waals surface area contributed by atoms with E-state index in [1.165, 1.54) is 6.20 Å². The number of carbonyl (C=O) groups excluding carboxylic acids is 1. The maximum atomic E-state index is 13.0. The van der Waals surface area contributed by atoms with Crippen molar-refractivity contribution in [1.29, 1.82) is 0 Å². The molecule has 1 aliphatic heterocycles. The molecule has 0 bridgehead atoms. The van der Waals surface area contributed by atoms with Crippen LogP contribution in [-0.2, 0) is 10.0 Å². The Hall–Kier alpha value is -2.03. The number of para-hydroxylation sites is 1. The molecular formula is C18H20Cl2N4O3S. The van der Waals surface area contributed by atoms with Crippen molar-refractivity contribution in [2.75, 3.05) is 41.6 Å². The van der Waals surface area contributed by atoms with E-state index in [1.54, 1.807) is 42.2 Å². The Kier molecular flexibility index (Phi) is 6.32. The number of aromatic nitrogens is 1. The van der Waals surface area contributed by atoms with Gasteiger partial charge in [0, 0.05) is 32.4 Å². The van der Waals surface area contributed by atoms with Crippen LogP contribution in [0.5, 0.6) is 0 Å². The number of sulfonamides is 1. The van der Waals surface area contributed by atoms with Gasteiger partial charge >= 0.3 is 0 Å². The smallest absolute Gasteiger partial charge is 0.256 e. The fourth-order valence-corrected chi connectivity index (χ4v) is 4.09. The zero-order valence-corrected chi connectivity index (χ0v) is 17.6. The number of pyridine rings is 1. The van der Waals surface area contributed by atoms with Gasteiger partial charge in [0.05, 0.1) is 27.0 Å². The summed E-state index contributed by atoms with van der Waals surface area (Å²) in [6.07, 6.45) is 1.54. The van der Waals surface area contributed by atoms with Crippen LogP contribution >= 0.6 is 23.2 Å². The fraction of sp³-hybridized carbons (Fsp3) is 0.333. The topological polar surface area (TPSA) is 82.6 Å². The number of rotatable bonds is 5. The molecule has 0 aliphatic carbocycles. The first-order valence-corrected chi connectivity index (χ1v) is 11.2. The van der Waals surface area contributed by atoms with Crippen LogP contribution in [0, 0.1) is 0 Å². The molecule has 10 heteroatoms. The maximum Gasteiger partial charge on any atom is 0.256 e. The molecule has 1 N–H and O–H groups in total. The van der Waals surface area contributed by atoms with E-state index in [1.807, 2.05) is 4.90 Å². The summed E-state index contributed by atoms with van der Waals surface area (Å²) in [6.45, 7) is 3.59. The lowest BCUT2D eigenvalue weighted by Gasteiger charge is -2.36. The number of hydrogen-bond donors (Lipinski definition) is 1. The van der Waals surface area contributed by atoms with Gasteiger partial charge < -0.3 is 9.80 Å². The SMILES string of the molecule is CCS(=O)(=O)Nc1ccccc1C(=O)N1CCN(c2ncc(Cl)cc2Cl)CC1. The highest BCUT2D eigenvalue weighted by molar-refractivity contribution is 7.92. The van der Waals surface area contributed by atoms with E-state index in [0.717, 1.165) is 0 Å². The standard InChI is InChI=1S/C18H20Cl2N4O3S/c1-2-28(26,27)22-16-6-4-3-5-14(16)18(25)24-9-7-23(8-10-24)17-15(20)11-13(19)12-21-17/h3-6,11-12,22H,2,7-10H2,1H3. The summed E-state index contributed by atoms with van der Waals surface area (Å²) in [7, 11) is -3.48. The van der Waals surface area contributed by atoms with Crippen LogP contribution < -0.4 is 9.62 Å². The second-order valence-corrected chi connectivity index (χ2v) is 9.14. The number of carbonyl (C=O) groups is 1. The monoisotopic (exact) mass is 442 g/mol. The van der Waals surface area contributed by atoms with Crippen LogP contribution in [0.3, 0.4) is 0 Å². The van der Waals surface area contributed by atoms with E-state index < -0.39 is 10.0 Å². The highest BCUT2D eigenvalue weighted by atomic mass is 35.5. The van der Waals surface area contributed by atoms with Crippen molar-refractivity contribution < 1.29 is 13.2 Å². The molecular weight excluding hydrogens is 423 g/mol. The molecule has 0 radical (unpaired) electrons. The van der Waals surface area contributed by atoms with E-state index in [4.69, 9.17) is 23.2 Å². The van der Waals surface area contributed by atoms with Crippen LogP contribution in [0.15, 0.2) is 36.5 Å². The number of halogens is 2. The molecule has 0 unspecified atom stereocenters. The van der Waals surface area contributed by atoms with Crippen LogP contribution in [0.25, 0.3) is 0 Å². The third-order valence-electron chi connectivity index (χ3n) is 4.46. The highest BCUT2D eigenvalue weighted by Crippen LogP contribution is 2.27. The number of benzene rings is 1. The van der Waals surface area contributed by atoms with Gasteiger partial charge in [0.2, 0.25) is 10.0 Å². The molecule has 1 amide bonds. The van der Waals surface area contributed by atoms with Gasteiger partial charge in [0.1, 0.15) is 5.82 Å². The van der Waals surface area contributed by atoms with Crippen LogP contribution in [-0.4, -0.2) is 56.1 Å². The first-order chi connectivity index (χ1) is 13.3. The molecule has 150 valence electrons. The molecule has 1 aliphatic rings. The summed E-state index contributed by atoms with van der Waals surface area (Å²) < 4.78 is 26.3. The normalized spacial score (nSPS) is 14.8. The molecule has 28 heavy (non-hydrogen) atoms. The Morgan fingerprint density at radius 2 is 1.86 bits per heavy atom. The van der Waals surface area contributed by atoms with Gasteiger partial charge in [-0.1, -0.05) is 35.3 Å². The Labute approximate surface area is 174 Å². The average Bonchev–Trinajstić information content (AvgIpc) is 2.68. The second kappa shape index (κ2) is 8.55. The summed E-state index contributed by atoms with van der Waals surface area (Å²) >= 11 is 12.1. The van der Waals surface area contributed by atoms with Crippen LogP contribution in [0.1, 0.15) is 17.3 Å². The molecule has 1 aromatic carbocycles. The summed E-state index contributed by atoms with van der Waals surface area (Å²) in [5.41, 5.74) is 0.620. The van der Waals surface area contributed by atoms with Crippen LogP contribution in [0.4, 0.5) is 11.5 Å². The van der Waals surface area contributed by atoms with Gasteiger partial charge in [-0.3, -0.25) is 9.52 Å². The average molecular weight is 443 g/mol. The summed E-state index contributed by atoms with van der Waals surface area (Å²) in [5, 5.41) is 0.931. The first-order valence-electron chi connectivity index (χ1n) is 8.75. The second-order valence-electron chi connectivity index (χ2n) is 6.29. The van der Waals surface area contributed by atoms with Gasteiger partial charge in [0.25, 0.3) is 5.91 Å². The van der Waals surface area contributed by atoms with Gasteiger partial charge in [-0.15, -0.1) is 0 Å². The van der Waals surface area contributed by atoms with Crippen molar-refractivity contribution in [3.8, 4) is 0 Å². The van der Waals surface area contributed by atoms with E-state index in [-0.39, 0.29) is 11.7 Å². The lowest BCUT2D eigenvalue weighted by Crippen LogP contribution is -2.49.